The van der Waals surface area contributed by atoms with Crippen LogP contribution >= 0.6 is 11.8 Å². The first-order valence-electron chi connectivity index (χ1n) is 10.8. The number of rotatable bonds is 4. The molecule has 3 aliphatic rings. The fourth-order valence-electron chi connectivity index (χ4n) is 4.44. The van der Waals surface area contributed by atoms with Crippen LogP contribution in [0.25, 0.3) is 0 Å². The van der Waals surface area contributed by atoms with Crippen molar-refractivity contribution in [2.45, 2.75) is 44.2 Å². The summed E-state index contributed by atoms with van der Waals surface area (Å²) in [5.41, 5.74) is 0.0387. The molecule has 0 radical (unpaired) electrons. The molecule has 0 atom stereocenters. The molecule has 1 fully saturated rings. The van der Waals surface area contributed by atoms with Crippen LogP contribution in [0.15, 0.2) is 51.5 Å². The van der Waals surface area contributed by atoms with Crippen molar-refractivity contribution in [3.8, 4) is 0 Å². The Labute approximate surface area is 206 Å². The number of hydrogen-bond donors (Lipinski definition) is 0. The lowest BCUT2D eigenvalue weighted by Crippen LogP contribution is -2.51. The summed E-state index contributed by atoms with van der Waals surface area (Å²) in [4.78, 5) is 18.6. The van der Waals surface area contributed by atoms with Crippen LogP contribution in [0.5, 0.6) is 0 Å². The van der Waals surface area contributed by atoms with Gasteiger partial charge in [-0.2, -0.15) is 36.0 Å². The summed E-state index contributed by atoms with van der Waals surface area (Å²) in [6.45, 7) is -0.517. The van der Waals surface area contributed by atoms with E-state index < -0.39 is 47.8 Å². The number of likely N-dealkylation sites (tertiary alicyclic amines) is 1. The van der Waals surface area contributed by atoms with Crippen molar-refractivity contribution in [1.82, 2.24) is 14.3 Å². The Hall–Kier alpha value is -3.09. The molecule has 0 unspecified atom stereocenters. The zero-order valence-electron chi connectivity index (χ0n) is 18.5. The van der Waals surface area contributed by atoms with Gasteiger partial charge in [-0.1, -0.05) is 6.07 Å². The highest BCUT2D eigenvalue weighted by Gasteiger charge is 2.46. The number of halogens is 8. The number of alkyl halides is 6. The molecule has 14 heteroatoms. The third-order valence-corrected chi connectivity index (χ3v) is 6.43. The van der Waals surface area contributed by atoms with Gasteiger partial charge in [-0.05, 0) is 30.5 Å². The van der Waals surface area contributed by atoms with Crippen molar-refractivity contribution in [2.75, 3.05) is 13.1 Å². The third kappa shape index (κ3) is 5.35. The molecule has 0 saturated carbocycles. The van der Waals surface area contributed by atoms with Crippen molar-refractivity contribution < 1.29 is 35.5 Å². The summed E-state index contributed by atoms with van der Waals surface area (Å²) in [7, 11) is 0. The van der Waals surface area contributed by atoms with E-state index in [0.717, 1.165) is 22.2 Å². The number of aliphatic imine (C=N–C) groups is 1. The zero-order valence-corrected chi connectivity index (χ0v) is 19.2. The van der Waals surface area contributed by atoms with Gasteiger partial charge in [0.15, 0.2) is 0 Å². The van der Waals surface area contributed by atoms with Crippen molar-refractivity contribution in [2.24, 2.45) is 10.1 Å². The van der Waals surface area contributed by atoms with E-state index in [9.17, 15) is 35.5 Å². The predicted molar refractivity (Wildman–Crippen MR) is 117 cm³/mol. The minimum absolute atomic E-state index is 0.0622. The number of benzene rings is 1. The number of nitrogens with zero attached hydrogens (tertiary/aromatic N) is 5. The molecule has 0 N–H and O–H groups in total. The second-order valence-electron chi connectivity index (χ2n) is 8.37. The van der Waals surface area contributed by atoms with Gasteiger partial charge in [0.05, 0.1) is 23.7 Å². The van der Waals surface area contributed by atoms with Gasteiger partial charge in [-0.15, -0.1) is 0 Å². The van der Waals surface area contributed by atoms with Crippen LogP contribution in [0.3, 0.4) is 0 Å². The van der Waals surface area contributed by atoms with E-state index in [1.807, 2.05) is 4.90 Å². The maximum absolute atomic E-state index is 13.5. The topological polar surface area (TPSA) is 51.5 Å². The van der Waals surface area contributed by atoms with Crippen LogP contribution in [0.4, 0.5) is 30.7 Å². The molecule has 36 heavy (non-hydrogen) atoms. The van der Waals surface area contributed by atoms with Crippen LogP contribution in [0.2, 0.25) is 0 Å². The normalized spacial score (nSPS) is 18.9. The van der Waals surface area contributed by atoms with Crippen LogP contribution < -0.4 is 0 Å². The number of carbonyl (C=O) groups excluding carboxylic acids is 1. The summed E-state index contributed by atoms with van der Waals surface area (Å²) in [5, 5.41) is 4.06. The van der Waals surface area contributed by atoms with E-state index in [1.54, 1.807) is 6.21 Å². The lowest BCUT2D eigenvalue weighted by molar-refractivity contribution is -0.189. The second kappa shape index (κ2) is 9.75. The minimum Gasteiger partial charge on any atom is -0.370 e. The predicted octanol–water partition coefficient (Wildman–Crippen LogP) is 5.23. The number of hydrogen-bond acceptors (Lipinski definition) is 5. The molecular weight excluding hydrogens is 519 g/mol. The van der Waals surface area contributed by atoms with E-state index >= 15 is 0 Å². The van der Waals surface area contributed by atoms with Gasteiger partial charge < -0.3 is 9.80 Å². The molecule has 1 aromatic carbocycles. The standard InChI is InChI=1S/C22H19ClF7N5O/c23-35-19-10-31-6-3-16(19)18(11-32-35)33-7-4-15(5-8-33)34(20(36)22(28,29)30)12-13-1-2-14(24)9-17(13)21(25,26)27/h1-2,6,9-11,15H,3-5,7-8,12H2. The average molecular weight is 538 g/mol. The van der Waals surface area contributed by atoms with Crippen LogP contribution in [-0.4, -0.2) is 58.0 Å². The number of carbonyl (C=O) groups is 1. The first-order valence-corrected chi connectivity index (χ1v) is 11.1. The molecule has 6 nitrogen and oxygen atoms in total. The fourth-order valence-corrected chi connectivity index (χ4v) is 4.63. The molecule has 3 aliphatic heterocycles. The van der Waals surface area contributed by atoms with Gasteiger partial charge in [0.25, 0.3) is 0 Å². The Balaban J connectivity index is 1.57. The smallest absolute Gasteiger partial charge is 0.370 e. The first kappa shape index (κ1) is 26.0. The second-order valence-corrected chi connectivity index (χ2v) is 8.69. The molecule has 1 amide bonds. The van der Waals surface area contributed by atoms with E-state index in [0.29, 0.717) is 22.7 Å². The number of piperidine rings is 1. The van der Waals surface area contributed by atoms with Gasteiger partial charge in [-0.3, -0.25) is 9.79 Å². The van der Waals surface area contributed by atoms with Crippen molar-refractivity contribution in [3.05, 3.63) is 58.3 Å². The first-order chi connectivity index (χ1) is 16.9. The molecule has 0 bridgehead atoms. The zero-order chi connectivity index (χ0) is 26.3. The van der Waals surface area contributed by atoms with Crippen molar-refractivity contribution in [1.29, 1.82) is 0 Å². The van der Waals surface area contributed by atoms with Gasteiger partial charge in [0.1, 0.15) is 11.5 Å². The lowest BCUT2D eigenvalue weighted by atomic mass is 9.98. The van der Waals surface area contributed by atoms with Gasteiger partial charge >= 0.3 is 18.3 Å². The molecule has 194 valence electrons. The summed E-state index contributed by atoms with van der Waals surface area (Å²) < 4.78 is 95.1. The Bertz CT molecular complexity index is 1150. The Kier molecular flexibility index (Phi) is 7.04. The number of allylic oxidation sites excluding steroid dienone is 2. The largest absolute Gasteiger partial charge is 0.471 e. The number of hydrazone groups is 1. The number of fused-ring (bicyclic) bond motifs is 1. The number of amides is 1. The maximum atomic E-state index is 13.5. The van der Waals surface area contributed by atoms with Crippen LogP contribution in [0.1, 0.15) is 30.4 Å². The lowest BCUT2D eigenvalue weighted by Gasteiger charge is -2.41. The SMILES string of the molecule is O=C(N(Cc1ccc(F)cc1C(F)(F)F)C1CCN(C2=C3CC=NC=C3N(Cl)N=C2)CC1)C(F)(F)F. The summed E-state index contributed by atoms with van der Waals surface area (Å²) in [5.74, 6) is -3.43. The quantitative estimate of drug-likeness (QED) is 0.391. The van der Waals surface area contributed by atoms with Gasteiger partial charge in [0.2, 0.25) is 0 Å². The van der Waals surface area contributed by atoms with E-state index in [4.69, 9.17) is 11.8 Å². The molecule has 0 aromatic heterocycles. The summed E-state index contributed by atoms with van der Waals surface area (Å²) in [6, 6.07) is 0.701. The van der Waals surface area contributed by atoms with Crippen LogP contribution in [-0.2, 0) is 17.5 Å². The van der Waals surface area contributed by atoms with Crippen molar-refractivity contribution >= 4 is 30.1 Å². The Morgan fingerprint density at radius 1 is 1.14 bits per heavy atom. The molecule has 0 aliphatic carbocycles. The van der Waals surface area contributed by atoms with Gasteiger partial charge in [-0.25, -0.2) is 4.39 Å². The molecule has 3 heterocycles. The van der Waals surface area contributed by atoms with E-state index in [1.165, 1.54) is 12.4 Å². The summed E-state index contributed by atoms with van der Waals surface area (Å²) >= 11 is 6.05. The minimum atomic E-state index is -5.29. The molecule has 4 rings (SSSR count). The molecule has 0 spiro atoms. The molecular formula is C22H19ClF7N5O. The van der Waals surface area contributed by atoms with E-state index in [-0.39, 0.29) is 32.0 Å². The summed E-state index contributed by atoms with van der Waals surface area (Å²) in [6.07, 6.45) is -5.00. The van der Waals surface area contributed by atoms with E-state index in [2.05, 4.69) is 10.1 Å². The fraction of sp³-hybridized carbons (Fsp3) is 0.409. The monoisotopic (exact) mass is 537 g/mol. The molecule has 1 saturated heterocycles. The third-order valence-electron chi connectivity index (χ3n) is 6.16. The highest BCUT2D eigenvalue weighted by atomic mass is 35.5. The Morgan fingerprint density at radius 2 is 1.83 bits per heavy atom. The average Bonchev–Trinajstić information content (AvgIpc) is 2.82. The molecule has 1 aromatic rings. The highest BCUT2D eigenvalue weighted by molar-refractivity contribution is 6.15. The maximum Gasteiger partial charge on any atom is 0.471 e. The van der Waals surface area contributed by atoms with Gasteiger partial charge in [0, 0.05) is 55.7 Å². The van der Waals surface area contributed by atoms with Crippen LogP contribution in [0, 0.1) is 5.82 Å². The highest BCUT2D eigenvalue weighted by Crippen LogP contribution is 2.36. The van der Waals surface area contributed by atoms with Crippen molar-refractivity contribution in [3.63, 3.8) is 0 Å². The Morgan fingerprint density at radius 3 is 2.47 bits per heavy atom.